The molecule has 1 heterocycles. The van der Waals surface area contributed by atoms with Crippen molar-refractivity contribution in [1.29, 1.82) is 0 Å². The molecule has 0 radical (unpaired) electrons. The van der Waals surface area contributed by atoms with E-state index in [9.17, 15) is 9.59 Å². The summed E-state index contributed by atoms with van der Waals surface area (Å²) in [5, 5.41) is 3.02. The molecule has 1 N–H and O–H groups in total. The zero-order valence-electron chi connectivity index (χ0n) is 9.61. The van der Waals surface area contributed by atoms with Gasteiger partial charge in [-0.2, -0.15) is 11.8 Å². The van der Waals surface area contributed by atoms with Crippen LogP contribution in [-0.4, -0.2) is 46.8 Å². The van der Waals surface area contributed by atoms with E-state index in [-0.39, 0.29) is 23.9 Å². The molecule has 0 spiro atoms. The zero-order chi connectivity index (χ0) is 11.6. The van der Waals surface area contributed by atoms with Gasteiger partial charge in [0.2, 0.25) is 11.8 Å². The second kappa shape index (κ2) is 4.88. The van der Waals surface area contributed by atoms with Crippen LogP contribution in [-0.2, 0) is 9.59 Å². The maximum atomic E-state index is 11.8. The third-order valence-corrected chi connectivity index (χ3v) is 3.67. The number of carbonyl (C=O) groups excluding carboxylic acids is 2. The van der Waals surface area contributed by atoms with E-state index in [1.165, 1.54) is 0 Å². The predicted molar refractivity (Wildman–Crippen MR) is 61.8 cm³/mol. The molecule has 1 fully saturated rings. The minimum Gasteiger partial charge on any atom is -0.343 e. The van der Waals surface area contributed by atoms with Gasteiger partial charge in [-0.3, -0.25) is 9.59 Å². The molecule has 1 rings (SSSR count). The molecule has 0 aromatic heterocycles. The van der Waals surface area contributed by atoms with Gasteiger partial charge < -0.3 is 10.2 Å². The van der Waals surface area contributed by atoms with Crippen molar-refractivity contribution >= 4 is 23.6 Å². The molecule has 0 aromatic carbocycles. The highest BCUT2D eigenvalue weighted by atomic mass is 32.2. The Morgan fingerprint density at radius 1 is 1.47 bits per heavy atom. The van der Waals surface area contributed by atoms with Gasteiger partial charge in [0.1, 0.15) is 12.1 Å². The summed E-state index contributed by atoms with van der Waals surface area (Å²) in [4.78, 5) is 25.0. The van der Waals surface area contributed by atoms with Crippen LogP contribution in [0.4, 0.5) is 0 Å². The summed E-state index contributed by atoms with van der Waals surface area (Å²) >= 11 is 1.70. The maximum absolute atomic E-state index is 11.8. The third kappa shape index (κ3) is 2.65. The second-order valence-electron chi connectivity index (χ2n) is 3.94. The van der Waals surface area contributed by atoms with Crippen molar-refractivity contribution in [2.75, 3.05) is 12.8 Å². The summed E-state index contributed by atoms with van der Waals surface area (Å²) < 4.78 is 0. The van der Waals surface area contributed by atoms with Gasteiger partial charge in [-0.05, 0) is 20.1 Å². The Hall–Kier alpha value is -0.710. The Morgan fingerprint density at radius 2 is 2.07 bits per heavy atom. The number of thioether (sulfide) groups is 1. The highest BCUT2D eigenvalue weighted by Gasteiger charge is 2.35. The van der Waals surface area contributed by atoms with Crippen molar-refractivity contribution < 1.29 is 9.59 Å². The first-order valence-corrected chi connectivity index (χ1v) is 6.39. The number of carbonyl (C=O) groups is 2. The molecule has 3 atom stereocenters. The minimum atomic E-state index is -0.386. The van der Waals surface area contributed by atoms with Crippen LogP contribution in [0.3, 0.4) is 0 Å². The van der Waals surface area contributed by atoms with Gasteiger partial charge in [0.15, 0.2) is 0 Å². The van der Waals surface area contributed by atoms with E-state index in [1.807, 2.05) is 6.26 Å². The summed E-state index contributed by atoms with van der Waals surface area (Å²) in [5.74, 6) is -0.0431. The number of rotatable bonds is 3. The lowest BCUT2D eigenvalue weighted by molar-refractivity contribution is -0.147. The maximum Gasteiger partial charge on any atom is 0.245 e. The average molecular weight is 230 g/mol. The van der Waals surface area contributed by atoms with Crippen LogP contribution in [0.25, 0.3) is 0 Å². The number of piperazine rings is 1. The number of amides is 2. The lowest BCUT2D eigenvalue weighted by Gasteiger charge is -2.37. The van der Waals surface area contributed by atoms with Crippen molar-refractivity contribution in [3.63, 3.8) is 0 Å². The minimum absolute atomic E-state index is 0.0167. The van der Waals surface area contributed by atoms with Crippen molar-refractivity contribution in [1.82, 2.24) is 10.2 Å². The van der Waals surface area contributed by atoms with Crippen molar-refractivity contribution in [3.8, 4) is 0 Å². The van der Waals surface area contributed by atoms with Crippen LogP contribution in [0.1, 0.15) is 20.8 Å². The standard InChI is InChI=1S/C10H18N2O2S/c1-6(15-4)5-12-8(3)9(13)11-7(2)10(12)14/h6-8H,5H2,1-4H3,(H,11,13). The topological polar surface area (TPSA) is 49.4 Å². The Morgan fingerprint density at radius 3 is 2.60 bits per heavy atom. The van der Waals surface area contributed by atoms with E-state index in [2.05, 4.69) is 12.2 Å². The molecule has 1 aliphatic rings. The fourth-order valence-electron chi connectivity index (χ4n) is 1.58. The largest absolute Gasteiger partial charge is 0.343 e. The van der Waals surface area contributed by atoms with E-state index in [4.69, 9.17) is 0 Å². The van der Waals surface area contributed by atoms with Gasteiger partial charge in [0.25, 0.3) is 0 Å². The van der Waals surface area contributed by atoms with Gasteiger partial charge in [0.05, 0.1) is 0 Å². The molecule has 4 nitrogen and oxygen atoms in total. The Kier molecular flexibility index (Phi) is 4.02. The van der Waals surface area contributed by atoms with Gasteiger partial charge >= 0.3 is 0 Å². The number of nitrogens with one attached hydrogen (secondary N) is 1. The third-order valence-electron chi connectivity index (χ3n) is 2.72. The second-order valence-corrected chi connectivity index (χ2v) is 5.22. The molecule has 1 aliphatic heterocycles. The predicted octanol–water partition coefficient (Wildman–Crippen LogP) is 0.473. The van der Waals surface area contributed by atoms with E-state index in [0.29, 0.717) is 11.8 Å². The smallest absolute Gasteiger partial charge is 0.245 e. The molecule has 2 amide bonds. The van der Waals surface area contributed by atoms with Crippen molar-refractivity contribution in [2.24, 2.45) is 0 Å². The summed E-state index contributed by atoms with van der Waals surface area (Å²) in [6.45, 7) is 6.19. The van der Waals surface area contributed by atoms with Crippen LogP contribution in [0.2, 0.25) is 0 Å². The fraction of sp³-hybridized carbons (Fsp3) is 0.800. The van der Waals surface area contributed by atoms with E-state index >= 15 is 0 Å². The molecule has 0 bridgehead atoms. The Balaban J connectivity index is 2.73. The summed E-state index contributed by atoms with van der Waals surface area (Å²) in [7, 11) is 0. The van der Waals surface area contributed by atoms with Crippen LogP contribution < -0.4 is 5.32 Å². The zero-order valence-corrected chi connectivity index (χ0v) is 10.4. The molecule has 86 valence electrons. The quantitative estimate of drug-likeness (QED) is 0.767. The van der Waals surface area contributed by atoms with E-state index in [0.717, 1.165) is 0 Å². The van der Waals surface area contributed by atoms with Crippen LogP contribution in [0.15, 0.2) is 0 Å². The first-order valence-electron chi connectivity index (χ1n) is 5.11. The number of hydrogen-bond donors (Lipinski definition) is 1. The lowest BCUT2D eigenvalue weighted by Crippen LogP contribution is -2.62. The first-order chi connectivity index (χ1) is 6.97. The highest BCUT2D eigenvalue weighted by molar-refractivity contribution is 7.99. The molecule has 0 saturated carbocycles. The summed E-state index contributed by atoms with van der Waals surface area (Å²) in [6.07, 6.45) is 2.01. The Labute approximate surface area is 94.8 Å². The monoisotopic (exact) mass is 230 g/mol. The van der Waals surface area contributed by atoms with Crippen LogP contribution in [0.5, 0.6) is 0 Å². The number of hydrogen-bond acceptors (Lipinski definition) is 3. The summed E-state index contributed by atoms with van der Waals surface area (Å²) in [5.41, 5.74) is 0. The average Bonchev–Trinajstić information content (AvgIpc) is 2.21. The highest BCUT2D eigenvalue weighted by Crippen LogP contribution is 2.14. The van der Waals surface area contributed by atoms with Crippen molar-refractivity contribution in [3.05, 3.63) is 0 Å². The molecule has 0 aliphatic carbocycles. The molecular weight excluding hydrogens is 212 g/mol. The van der Waals surface area contributed by atoms with Gasteiger partial charge in [-0.15, -0.1) is 0 Å². The van der Waals surface area contributed by atoms with Crippen LogP contribution >= 0.6 is 11.8 Å². The van der Waals surface area contributed by atoms with Gasteiger partial charge in [0, 0.05) is 11.8 Å². The van der Waals surface area contributed by atoms with E-state index in [1.54, 1.807) is 30.5 Å². The molecule has 1 saturated heterocycles. The van der Waals surface area contributed by atoms with Gasteiger partial charge in [-0.25, -0.2) is 0 Å². The normalized spacial score (nSPS) is 28.9. The van der Waals surface area contributed by atoms with Crippen LogP contribution in [0, 0.1) is 0 Å². The molecular formula is C10H18N2O2S. The first kappa shape index (κ1) is 12.4. The lowest BCUT2D eigenvalue weighted by atomic mass is 10.1. The summed E-state index contributed by atoms with van der Waals surface area (Å²) in [6, 6.07) is -0.731. The molecule has 0 aromatic rings. The van der Waals surface area contributed by atoms with Gasteiger partial charge in [-0.1, -0.05) is 6.92 Å². The molecule has 3 unspecified atom stereocenters. The number of nitrogens with zero attached hydrogens (tertiary/aromatic N) is 1. The molecule has 15 heavy (non-hydrogen) atoms. The Bertz CT molecular complexity index is 270. The SMILES string of the molecule is CSC(C)CN1C(=O)C(C)NC(=O)C1C. The fourth-order valence-corrected chi connectivity index (χ4v) is 1.89. The van der Waals surface area contributed by atoms with E-state index < -0.39 is 0 Å². The van der Waals surface area contributed by atoms with Crippen molar-refractivity contribution in [2.45, 2.75) is 38.1 Å². The molecule has 5 heteroatoms.